The summed E-state index contributed by atoms with van der Waals surface area (Å²) in [6, 6.07) is 0. The molecule has 206 valence electrons. The molecule has 21 heteroatoms. The summed E-state index contributed by atoms with van der Waals surface area (Å²) >= 11 is 0. The molecule has 0 aliphatic carbocycles. The van der Waals surface area contributed by atoms with E-state index in [1.54, 1.807) is 0 Å². The summed E-state index contributed by atoms with van der Waals surface area (Å²) in [7, 11) is -8.76. The van der Waals surface area contributed by atoms with E-state index in [2.05, 4.69) is 8.37 Å². The molecule has 34 heavy (non-hydrogen) atoms. The van der Waals surface area contributed by atoms with Gasteiger partial charge in [-0.15, -0.1) is 0 Å². The molecule has 0 aliphatic rings. The van der Waals surface area contributed by atoms with Gasteiger partial charge in [0.1, 0.15) is 0 Å². The molecule has 0 aromatic heterocycles. The van der Waals surface area contributed by atoms with E-state index in [1.807, 2.05) is 0 Å². The molecule has 0 amide bonds. The Morgan fingerprint density at radius 3 is 1.21 bits per heavy atom. The molecular weight excluding hydrogens is 563 g/mol. The van der Waals surface area contributed by atoms with Gasteiger partial charge in [-0.3, -0.25) is 8.37 Å². The molecule has 0 heterocycles. The van der Waals surface area contributed by atoms with Crippen LogP contribution in [-0.2, 0) is 28.6 Å². The number of alkyl halides is 13. The van der Waals surface area contributed by atoms with Crippen molar-refractivity contribution in [2.45, 2.75) is 48.6 Å². The van der Waals surface area contributed by atoms with Crippen molar-refractivity contribution >= 4 is 20.2 Å². The fourth-order valence-corrected chi connectivity index (χ4v) is 2.88. The van der Waals surface area contributed by atoms with Crippen LogP contribution in [0.25, 0.3) is 0 Å². The minimum absolute atomic E-state index is 0.383. The standard InChI is InChI=1S/C13H15F13O6S2/c1-33(27,28)31-5-7(6-32-34(2,29)30)3-4-8(14,15)9(16,17)10(18,19)11(20,21)12(22,23)13(24,25)26/h7H,3-6H2,1-2H3. The van der Waals surface area contributed by atoms with Gasteiger partial charge in [0.05, 0.1) is 25.7 Å². The molecule has 0 aliphatic heterocycles. The highest BCUT2D eigenvalue weighted by atomic mass is 32.2. The molecule has 0 saturated heterocycles. The van der Waals surface area contributed by atoms with E-state index in [-0.39, 0.29) is 0 Å². The Morgan fingerprint density at radius 2 is 0.912 bits per heavy atom. The molecular formula is C13H15F13O6S2. The third-order valence-electron chi connectivity index (χ3n) is 3.90. The van der Waals surface area contributed by atoms with Crippen molar-refractivity contribution in [2.75, 3.05) is 25.7 Å². The smallest absolute Gasteiger partial charge is 0.270 e. The van der Waals surface area contributed by atoms with E-state index in [9.17, 15) is 73.9 Å². The molecule has 0 aromatic carbocycles. The van der Waals surface area contributed by atoms with Crippen LogP contribution in [0.5, 0.6) is 0 Å². The van der Waals surface area contributed by atoms with Gasteiger partial charge in [-0.1, -0.05) is 0 Å². The van der Waals surface area contributed by atoms with Crippen LogP contribution in [0.2, 0.25) is 0 Å². The highest BCUT2D eigenvalue weighted by Gasteiger charge is 2.90. The number of rotatable bonds is 13. The first-order valence-corrected chi connectivity index (χ1v) is 11.8. The fourth-order valence-electron chi connectivity index (χ4n) is 2.00. The van der Waals surface area contributed by atoms with Crippen molar-refractivity contribution in [3.8, 4) is 0 Å². The van der Waals surface area contributed by atoms with Crippen molar-refractivity contribution in [3.63, 3.8) is 0 Å². The summed E-state index contributed by atoms with van der Waals surface area (Å²) in [6.07, 6.45) is -11.1. The zero-order chi connectivity index (χ0) is 27.8. The Morgan fingerprint density at radius 1 is 0.588 bits per heavy atom. The van der Waals surface area contributed by atoms with E-state index in [0.717, 1.165) is 0 Å². The molecule has 0 aromatic rings. The summed E-state index contributed by atoms with van der Waals surface area (Å²) in [5.41, 5.74) is 0. The van der Waals surface area contributed by atoms with Gasteiger partial charge >= 0.3 is 35.8 Å². The van der Waals surface area contributed by atoms with Gasteiger partial charge in [0.25, 0.3) is 20.2 Å². The van der Waals surface area contributed by atoms with Crippen LogP contribution in [0.1, 0.15) is 12.8 Å². The predicted octanol–water partition coefficient (Wildman–Crippen LogP) is 4.07. The zero-order valence-electron chi connectivity index (χ0n) is 16.6. The van der Waals surface area contributed by atoms with Crippen LogP contribution in [0.4, 0.5) is 57.1 Å². The quantitative estimate of drug-likeness (QED) is 0.242. The lowest BCUT2D eigenvalue weighted by molar-refractivity contribution is -0.440. The number of hydrogen-bond acceptors (Lipinski definition) is 6. The van der Waals surface area contributed by atoms with Crippen molar-refractivity contribution in [3.05, 3.63) is 0 Å². The Hall–Kier alpha value is -1.09. The van der Waals surface area contributed by atoms with Gasteiger partial charge in [-0.2, -0.15) is 73.9 Å². The van der Waals surface area contributed by atoms with Crippen LogP contribution >= 0.6 is 0 Å². The summed E-state index contributed by atoms with van der Waals surface area (Å²) in [5.74, 6) is -39.7. The first-order chi connectivity index (χ1) is 14.5. The van der Waals surface area contributed by atoms with Crippen molar-refractivity contribution < 1.29 is 82.3 Å². The highest BCUT2D eigenvalue weighted by Crippen LogP contribution is 2.60. The Labute approximate surface area is 183 Å². The number of hydrogen-bond donors (Lipinski definition) is 0. The zero-order valence-corrected chi connectivity index (χ0v) is 18.2. The van der Waals surface area contributed by atoms with Crippen LogP contribution < -0.4 is 0 Å². The van der Waals surface area contributed by atoms with Gasteiger partial charge < -0.3 is 0 Å². The molecule has 0 spiro atoms. The summed E-state index contributed by atoms with van der Waals surface area (Å²) < 4.78 is 222. The normalized spacial score (nSPS) is 15.8. The lowest BCUT2D eigenvalue weighted by Gasteiger charge is -2.40. The van der Waals surface area contributed by atoms with Crippen LogP contribution in [-0.4, -0.2) is 78.3 Å². The van der Waals surface area contributed by atoms with E-state index in [1.165, 1.54) is 0 Å². The highest BCUT2D eigenvalue weighted by molar-refractivity contribution is 7.86. The maximum atomic E-state index is 13.8. The average molecular weight is 578 g/mol. The first-order valence-electron chi connectivity index (χ1n) is 8.18. The van der Waals surface area contributed by atoms with E-state index in [4.69, 9.17) is 0 Å². The lowest BCUT2D eigenvalue weighted by atomic mass is 9.90. The van der Waals surface area contributed by atoms with Crippen molar-refractivity contribution in [2.24, 2.45) is 5.92 Å². The van der Waals surface area contributed by atoms with E-state index >= 15 is 0 Å². The van der Waals surface area contributed by atoms with Crippen LogP contribution in [0, 0.1) is 5.92 Å². The minimum atomic E-state index is -8.05. The monoisotopic (exact) mass is 578 g/mol. The van der Waals surface area contributed by atoms with Crippen LogP contribution in [0.3, 0.4) is 0 Å². The van der Waals surface area contributed by atoms with Gasteiger partial charge in [0.2, 0.25) is 0 Å². The van der Waals surface area contributed by atoms with E-state index < -0.39 is 88.0 Å². The Bertz CT molecular complexity index is 876. The summed E-state index contributed by atoms with van der Waals surface area (Å²) in [6.45, 7) is -2.57. The molecule has 0 rings (SSSR count). The molecule has 0 bridgehead atoms. The van der Waals surface area contributed by atoms with Crippen LogP contribution in [0.15, 0.2) is 0 Å². The van der Waals surface area contributed by atoms with Gasteiger partial charge in [-0.25, -0.2) is 0 Å². The Kier molecular flexibility index (Phi) is 9.44. The molecule has 0 radical (unpaired) electrons. The second kappa shape index (κ2) is 9.75. The summed E-state index contributed by atoms with van der Waals surface area (Å²) in [4.78, 5) is 0. The molecule has 0 saturated carbocycles. The van der Waals surface area contributed by atoms with Gasteiger partial charge in [-0.05, 0) is 6.42 Å². The topological polar surface area (TPSA) is 86.7 Å². The van der Waals surface area contributed by atoms with Crippen molar-refractivity contribution in [1.29, 1.82) is 0 Å². The summed E-state index contributed by atoms with van der Waals surface area (Å²) in [5, 5.41) is 0. The van der Waals surface area contributed by atoms with E-state index in [0.29, 0.717) is 12.5 Å². The second-order valence-electron chi connectivity index (χ2n) is 6.88. The van der Waals surface area contributed by atoms with Gasteiger partial charge in [0, 0.05) is 12.3 Å². The lowest BCUT2D eigenvalue weighted by Crippen LogP contribution is -2.70. The third kappa shape index (κ3) is 7.21. The number of halogens is 13. The second-order valence-corrected chi connectivity index (χ2v) is 10.2. The fraction of sp³-hybridized carbons (Fsp3) is 1.00. The largest absolute Gasteiger partial charge is 0.460 e. The van der Waals surface area contributed by atoms with Crippen molar-refractivity contribution in [1.82, 2.24) is 0 Å². The molecule has 0 fully saturated rings. The predicted molar refractivity (Wildman–Crippen MR) is 85.1 cm³/mol. The first kappa shape index (κ1) is 32.9. The maximum absolute atomic E-state index is 13.8. The average Bonchev–Trinajstić information content (AvgIpc) is 2.57. The third-order valence-corrected chi connectivity index (χ3v) is 5.03. The maximum Gasteiger partial charge on any atom is 0.460 e. The molecule has 0 unspecified atom stereocenters. The molecule has 6 nitrogen and oxygen atoms in total. The van der Waals surface area contributed by atoms with Gasteiger partial charge in [0.15, 0.2) is 0 Å². The molecule has 0 atom stereocenters. The molecule has 0 N–H and O–H groups in total. The Balaban J connectivity index is 5.98. The minimum Gasteiger partial charge on any atom is -0.270 e. The SMILES string of the molecule is CS(=O)(=O)OCC(CCC(F)(F)C(F)(F)C(F)(F)C(F)(F)C(F)(F)C(F)(F)F)COS(C)(=O)=O.